The van der Waals surface area contributed by atoms with Crippen LogP contribution in [-0.2, 0) is 29.2 Å². The smallest absolute Gasteiger partial charge is 0.267 e. The number of carbonyl (C=O) groups is 1. The molecule has 2 heterocycles. The Morgan fingerprint density at radius 3 is 2.72 bits per heavy atom. The van der Waals surface area contributed by atoms with Gasteiger partial charge in [0.05, 0.1) is 18.4 Å². The maximum absolute atomic E-state index is 12.5. The number of aromatic nitrogens is 2. The molecule has 0 spiro atoms. The van der Waals surface area contributed by atoms with E-state index in [1.165, 1.54) is 16.3 Å². The van der Waals surface area contributed by atoms with Crippen LogP contribution in [0.4, 0.5) is 0 Å². The van der Waals surface area contributed by atoms with Crippen molar-refractivity contribution in [1.82, 2.24) is 20.0 Å². The average molecular weight is 433 g/mol. The largest absolute Gasteiger partial charge is 0.376 e. The maximum Gasteiger partial charge on any atom is 0.267 e. The Balaban J connectivity index is 1.35. The molecular formula is C25H28N4O3. The third-order valence-corrected chi connectivity index (χ3v) is 5.44. The topological polar surface area (TPSA) is 76.5 Å². The molecule has 0 radical (unpaired) electrons. The van der Waals surface area contributed by atoms with Gasteiger partial charge in [0.2, 0.25) is 5.91 Å². The molecule has 1 aliphatic rings. The van der Waals surface area contributed by atoms with E-state index in [0.717, 1.165) is 37.4 Å². The highest BCUT2D eigenvalue weighted by Crippen LogP contribution is 2.14. The summed E-state index contributed by atoms with van der Waals surface area (Å²) in [6, 6.07) is 20.9. The third kappa shape index (κ3) is 5.90. The minimum atomic E-state index is -0.304. The van der Waals surface area contributed by atoms with E-state index in [9.17, 15) is 9.59 Å². The minimum Gasteiger partial charge on any atom is -0.376 e. The Labute approximate surface area is 187 Å². The van der Waals surface area contributed by atoms with Gasteiger partial charge in [-0.15, -0.1) is 0 Å². The molecular weight excluding hydrogens is 404 g/mol. The number of hydrogen-bond acceptors (Lipinski definition) is 5. The normalized spacial score (nSPS) is 16.6. The number of rotatable bonds is 7. The zero-order valence-electron chi connectivity index (χ0n) is 18.2. The van der Waals surface area contributed by atoms with Gasteiger partial charge in [-0.05, 0) is 24.1 Å². The van der Waals surface area contributed by atoms with Gasteiger partial charge in [0, 0.05) is 37.8 Å². The molecule has 1 aromatic heterocycles. The van der Waals surface area contributed by atoms with Crippen LogP contribution < -0.4 is 10.9 Å². The van der Waals surface area contributed by atoms with Crippen LogP contribution in [0.2, 0.25) is 0 Å². The highest BCUT2D eigenvalue weighted by atomic mass is 16.5. The van der Waals surface area contributed by atoms with E-state index in [-0.39, 0.29) is 24.1 Å². The predicted octanol–water partition coefficient (Wildman–Crippen LogP) is 2.45. The van der Waals surface area contributed by atoms with Crippen molar-refractivity contribution in [2.24, 2.45) is 0 Å². The van der Waals surface area contributed by atoms with Crippen molar-refractivity contribution in [2.75, 3.05) is 19.7 Å². The molecule has 1 N–H and O–H groups in total. The number of nitrogens with zero attached hydrogens (tertiary/aromatic N) is 3. The van der Waals surface area contributed by atoms with Gasteiger partial charge >= 0.3 is 0 Å². The zero-order chi connectivity index (χ0) is 22.3. The van der Waals surface area contributed by atoms with E-state index in [2.05, 4.69) is 34.4 Å². The fraction of sp³-hybridized carbons (Fsp3) is 0.320. The van der Waals surface area contributed by atoms with Crippen LogP contribution in [0, 0.1) is 0 Å². The average Bonchev–Trinajstić information content (AvgIpc) is 2.80. The van der Waals surface area contributed by atoms with Crippen molar-refractivity contribution in [3.8, 4) is 11.3 Å². The van der Waals surface area contributed by atoms with Crippen LogP contribution in [0.3, 0.4) is 0 Å². The fourth-order valence-electron chi connectivity index (χ4n) is 3.85. The van der Waals surface area contributed by atoms with Crippen molar-refractivity contribution in [3.05, 3.63) is 88.2 Å². The monoisotopic (exact) mass is 432 g/mol. The molecule has 0 saturated carbocycles. The van der Waals surface area contributed by atoms with Crippen LogP contribution in [0.1, 0.15) is 18.1 Å². The van der Waals surface area contributed by atoms with E-state index in [1.807, 2.05) is 42.5 Å². The molecule has 0 bridgehead atoms. The highest BCUT2D eigenvalue weighted by Gasteiger charge is 2.16. The van der Waals surface area contributed by atoms with E-state index in [0.29, 0.717) is 12.2 Å². The minimum absolute atomic E-state index is 0.120. The third-order valence-electron chi connectivity index (χ3n) is 5.44. The maximum atomic E-state index is 12.5. The number of nitrogens with one attached hydrogen (secondary N) is 1. The first-order chi connectivity index (χ1) is 15.6. The number of benzene rings is 2. The fourth-order valence-corrected chi connectivity index (χ4v) is 3.85. The Morgan fingerprint density at radius 1 is 1.09 bits per heavy atom. The van der Waals surface area contributed by atoms with E-state index in [1.54, 1.807) is 6.07 Å². The summed E-state index contributed by atoms with van der Waals surface area (Å²) in [6.07, 6.45) is 0.253. The first-order valence-corrected chi connectivity index (χ1v) is 10.9. The summed E-state index contributed by atoms with van der Waals surface area (Å²) >= 11 is 0. The van der Waals surface area contributed by atoms with Crippen molar-refractivity contribution >= 4 is 5.91 Å². The lowest BCUT2D eigenvalue weighted by Crippen LogP contribution is -2.40. The van der Waals surface area contributed by atoms with Crippen molar-refractivity contribution in [1.29, 1.82) is 0 Å². The van der Waals surface area contributed by atoms with Gasteiger partial charge in [0.15, 0.2) is 0 Å². The second-order valence-electron chi connectivity index (χ2n) is 8.09. The Morgan fingerprint density at radius 2 is 1.91 bits per heavy atom. The molecule has 0 aliphatic carbocycles. The molecule has 1 aliphatic heterocycles. The van der Waals surface area contributed by atoms with Crippen molar-refractivity contribution < 1.29 is 9.53 Å². The van der Waals surface area contributed by atoms with E-state index >= 15 is 0 Å². The molecule has 7 heteroatoms. The molecule has 1 amide bonds. The van der Waals surface area contributed by atoms with Gasteiger partial charge in [-0.2, -0.15) is 5.10 Å². The van der Waals surface area contributed by atoms with Gasteiger partial charge in [0.1, 0.15) is 6.54 Å². The first kappa shape index (κ1) is 21.9. The van der Waals surface area contributed by atoms with Crippen LogP contribution in [-0.4, -0.2) is 46.4 Å². The molecule has 1 fully saturated rings. The SMILES string of the molecule is CC1CN(Cc2cccc(CNC(=O)Cn3nc(-c4ccccc4)ccc3=O)c2)CCO1. The summed E-state index contributed by atoms with van der Waals surface area (Å²) in [4.78, 5) is 27.0. The van der Waals surface area contributed by atoms with Crippen LogP contribution in [0.5, 0.6) is 0 Å². The van der Waals surface area contributed by atoms with Crippen molar-refractivity contribution in [2.45, 2.75) is 32.7 Å². The van der Waals surface area contributed by atoms with Gasteiger partial charge in [-0.25, -0.2) is 4.68 Å². The van der Waals surface area contributed by atoms with Crippen LogP contribution in [0.15, 0.2) is 71.5 Å². The molecule has 1 saturated heterocycles. The molecule has 32 heavy (non-hydrogen) atoms. The lowest BCUT2D eigenvalue weighted by atomic mass is 10.1. The zero-order valence-corrected chi connectivity index (χ0v) is 18.2. The summed E-state index contributed by atoms with van der Waals surface area (Å²) in [6.45, 7) is 5.84. The summed E-state index contributed by atoms with van der Waals surface area (Å²) in [5.41, 5.74) is 3.48. The Hall–Kier alpha value is -3.29. The number of morpholine rings is 1. The summed E-state index contributed by atoms with van der Waals surface area (Å²) in [5.74, 6) is -0.253. The lowest BCUT2D eigenvalue weighted by Gasteiger charge is -2.31. The van der Waals surface area contributed by atoms with Gasteiger partial charge in [-0.3, -0.25) is 14.5 Å². The predicted molar refractivity (Wildman–Crippen MR) is 123 cm³/mol. The van der Waals surface area contributed by atoms with Crippen molar-refractivity contribution in [3.63, 3.8) is 0 Å². The van der Waals surface area contributed by atoms with Gasteiger partial charge in [0.25, 0.3) is 5.56 Å². The second-order valence-corrected chi connectivity index (χ2v) is 8.09. The molecule has 166 valence electrons. The highest BCUT2D eigenvalue weighted by molar-refractivity contribution is 5.75. The number of hydrogen-bond donors (Lipinski definition) is 1. The van der Waals surface area contributed by atoms with E-state index in [4.69, 9.17) is 4.74 Å². The van der Waals surface area contributed by atoms with Gasteiger partial charge in [-0.1, -0.05) is 54.6 Å². The summed E-state index contributed by atoms with van der Waals surface area (Å²) in [7, 11) is 0. The molecule has 3 aromatic rings. The molecule has 2 aromatic carbocycles. The number of ether oxygens (including phenoxy) is 1. The van der Waals surface area contributed by atoms with Crippen LogP contribution >= 0.6 is 0 Å². The van der Waals surface area contributed by atoms with E-state index < -0.39 is 0 Å². The summed E-state index contributed by atoms with van der Waals surface area (Å²) < 4.78 is 6.81. The quantitative estimate of drug-likeness (QED) is 0.621. The molecule has 7 nitrogen and oxygen atoms in total. The standard InChI is InChI=1S/C25H28N4O3/c1-19-16-28(12-13-32-19)17-21-7-5-6-20(14-21)15-26-24(30)18-29-25(31)11-10-23(27-29)22-8-3-2-4-9-22/h2-11,14,19H,12-13,15-18H2,1H3,(H,26,30). The lowest BCUT2D eigenvalue weighted by molar-refractivity contribution is -0.122. The first-order valence-electron chi connectivity index (χ1n) is 10.9. The molecule has 4 rings (SSSR count). The van der Waals surface area contributed by atoms with Crippen LogP contribution in [0.25, 0.3) is 11.3 Å². The van der Waals surface area contributed by atoms with Gasteiger partial charge < -0.3 is 10.1 Å². The number of amides is 1. The molecule has 1 atom stereocenters. The number of carbonyl (C=O) groups excluding carboxylic acids is 1. The Kier molecular flexibility index (Phi) is 7.09. The molecule has 1 unspecified atom stereocenters. The Bertz CT molecular complexity index is 1110. The second kappa shape index (κ2) is 10.3. The summed E-state index contributed by atoms with van der Waals surface area (Å²) in [5, 5.41) is 7.25.